The van der Waals surface area contributed by atoms with Gasteiger partial charge in [0.15, 0.2) is 0 Å². The molecule has 36 heavy (non-hydrogen) atoms. The van der Waals surface area contributed by atoms with Crippen molar-refractivity contribution in [2.45, 2.75) is 25.4 Å². The van der Waals surface area contributed by atoms with E-state index in [2.05, 4.69) is 10.2 Å². The van der Waals surface area contributed by atoms with Crippen LogP contribution < -0.4 is 19.7 Å². The van der Waals surface area contributed by atoms with Crippen LogP contribution >= 0.6 is 0 Å². The van der Waals surface area contributed by atoms with Crippen molar-refractivity contribution in [3.63, 3.8) is 0 Å². The monoisotopic (exact) mass is 496 g/mol. The Kier molecular flexibility index (Phi) is 6.83. The van der Waals surface area contributed by atoms with Gasteiger partial charge in [0.05, 0.1) is 23.2 Å². The minimum Gasteiger partial charge on any atom is -0.490 e. The molecule has 7 nitrogen and oxygen atoms in total. The van der Waals surface area contributed by atoms with E-state index in [1.165, 1.54) is 38.1 Å². The zero-order valence-electron chi connectivity index (χ0n) is 20.0. The maximum atomic E-state index is 14.7. The maximum Gasteiger partial charge on any atom is 0.313 e. The number of aliphatic carboxylic acids is 1. The molecule has 4 rings (SSSR count). The summed E-state index contributed by atoms with van der Waals surface area (Å²) in [4.78, 5) is 26.2. The highest BCUT2D eigenvalue weighted by Gasteiger charge is 2.32. The van der Waals surface area contributed by atoms with Crippen molar-refractivity contribution in [2.24, 2.45) is 0 Å². The van der Waals surface area contributed by atoms with Crippen molar-refractivity contribution in [3.8, 4) is 11.5 Å². The lowest BCUT2D eigenvalue weighted by Gasteiger charge is -2.33. The lowest BCUT2D eigenvalue weighted by atomic mass is 9.84. The zero-order chi connectivity index (χ0) is 26.0. The fourth-order valence-corrected chi connectivity index (χ4v) is 3.93. The number of anilines is 2. The summed E-state index contributed by atoms with van der Waals surface area (Å²) in [5.74, 6) is -2.52. The number of nitrogens with one attached hydrogen (secondary N) is 1. The Morgan fingerprint density at radius 2 is 1.86 bits per heavy atom. The second kappa shape index (κ2) is 9.85. The van der Waals surface area contributed by atoms with Gasteiger partial charge in [-0.15, -0.1) is 0 Å². The molecule has 3 aromatic carbocycles. The van der Waals surface area contributed by atoms with Gasteiger partial charge in [0.1, 0.15) is 35.8 Å². The molecule has 0 radical (unpaired) electrons. The number of carbonyl (C=O) groups is 2. The molecule has 0 unspecified atom stereocenters. The molecule has 0 saturated carbocycles. The van der Waals surface area contributed by atoms with E-state index in [-0.39, 0.29) is 35.3 Å². The Hall–Kier alpha value is -4.14. The van der Waals surface area contributed by atoms with Crippen molar-refractivity contribution in [3.05, 3.63) is 83.4 Å². The first-order chi connectivity index (χ1) is 17.1. The maximum absolute atomic E-state index is 14.7. The largest absolute Gasteiger partial charge is 0.490 e. The van der Waals surface area contributed by atoms with Gasteiger partial charge in [-0.2, -0.15) is 0 Å². The summed E-state index contributed by atoms with van der Waals surface area (Å²) in [5, 5.41) is 11.9. The number of carbonyl (C=O) groups excluding carboxylic acids is 1. The number of hydrogen-bond donors (Lipinski definition) is 2. The van der Waals surface area contributed by atoms with Crippen molar-refractivity contribution >= 4 is 23.3 Å². The van der Waals surface area contributed by atoms with Crippen molar-refractivity contribution < 1.29 is 33.0 Å². The van der Waals surface area contributed by atoms with E-state index in [4.69, 9.17) is 9.47 Å². The Bertz CT molecular complexity index is 1310. The lowest BCUT2D eigenvalue weighted by molar-refractivity contribution is -0.142. The molecule has 3 aromatic rings. The first kappa shape index (κ1) is 25.0. The fourth-order valence-electron chi connectivity index (χ4n) is 3.93. The summed E-state index contributed by atoms with van der Waals surface area (Å²) >= 11 is 0. The highest BCUT2D eigenvalue weighted by Crippen LogP contribution is 2.32. The van der Waals surface area contributed by atoms with Gasteiger partial charge >= 0.3 is 5.97 Å². The number of hydrogen-bond acceptors (Lipinski definition) is 5. The third kappa shape index (κ3) is 5.10. The first-order valence-corrected chi connectivity index (χ1v) is 11.3. The number of rotatable bonds is 7. The SMILES string of the molecule is CN1C[C@@H](COc2ccc(C(=O)Nc3ccc(F)c(C(C)(C)C(=O)O)c3)c(F)c2)Oc2ccccc21. The van der Waals surface area contributed by atoms with Crippen LogP contribution in [0.2, 0.25) is 0 Å². The topological polar surface area (TPSA) is 88.1 Å². The number of likely N-dealkylation sites (N-methyl/N-ethyl adjacent to an activating group) is 1. The summed E-state index contributed by atoms with van der Waals surface area (Å²) in [7, 11) is 1.95. The Labute approximate surface area is 207 Å². The Morgan fingerprint density at radius 1 is 1.11 bits per heavy atom. The minimum atomic E-state index is -1.52. The van der Waals surface area contributed by atoms with Crippen LogP contribution in [0.25, 0.3) is 0 Å². The molecule has 1 aliphatic heterocycles. The molecule has 0 spiro atoms. The molecule has 2 N–H and O–H groups in total. The van der Waals surface area contributed by atoms with Gasteiger partial charge < -0.3 is 24.8 Å². The highest BCUT2D eigenvalue weighted by molar-refractivity contribution is 6.04. The van der Waals surface area contributed by atoms with Gasteiger partial charge in [-0.25, -0.2) is 8.78 Å². The molecule has 9 heteroatoms. The minimum absolute atomic E-state index is 0.102. The summed E-state index contributed by atoms with van der Waals surface area (Å²) < 4.78 is 40.6. The van der Waals surface area contributed by atoms with Crippen LogP contribution in [0.5, 0.6) is 11.5 Å². The molecule has 1 heterocycles. The zero-order valence-corrected chi connectivity index (χ0v) is 20.0. The number of ether oxygens (including phenoxy) is 2. The molecule has 1 aliphatic rings. The molecule has 188 valence electrons. The van der Waals surface area contributed by atoms with Gasteiger partial charge in [-0.05, 0) is 56.3 Å². The number of benzene rings is 3. The second-order valence-corrected chi connectivity index (χ2v) is 9.12. The average Bonchev–Trinajstić information content (AvgIpc) is 2.83. The summed E-state index contributed by atoms with van der Waals surface area (Å²) in [6, 6.07) is 15.1. The summed E-state index contributed by atoms with van der Waals surface area (Å²) in [5.41, 5.74) is -0.740. The molecule has 1 atom stereocenters. The van der Waals surface area contributed by atoms with E-state index in [9.17, 15) is 23.5 Å². The smallest absolute Gasteiger partial charge is 0.313 e. The third-order valence-corrected chi connectivity index (χ3v) is 6.10. The average molecular weight is 497 g/mol. The van der Waals surface area contributed by atoms with E-state index < -0.39 is 28.9 Å². The van der Waals surface area contributed by atoms with Gasteiger partial charge in [0.25, 0.3) is 5.91 Å². The van der Waals surface area contributed by atoms with Gasteiger partial charge in [0, 0.05) is 24.4 Å². The number of halogens is 2. The number of carboxylic acid groups (broad SMARTS) is 1. The van der Waals surface area contributed by atoms with E-state index in [0.29, 0.717) is 6.54 Å². The predicted octanol–water partition coefficient (Wildman–Crippen LogP) is 4.86. The molecule has 0 bridgehead atoms. The van der Waals surface area contributed by atoms with Gasteiger partial charge in [0.2, 0.25) is 0 Å². The van der Waals surface area contributed by atoms with Crippen LogP contribution in [0.15, 0.2) is 60.7 Å². The number of nitrogens with zero attached hydrogens (tertiary/aromatic N) is 1. The van der Waals surface area contributed by atoms with Crippen molar-refractivity contribution in [1.29, 1.82) is 0 Å². The molecule has 0 saturated heterocycles. The van der Waals surface area contributed by atoms with E-state index in [0.717, 1.165) is 23.6 Å². The predicted molar refractivity (Wildman–Crippen MR) is 131 cm³/mol. The van der Waals surface area contributed by atoms with Crippen LogP contribution in [0.4, 0.5) is 20.2 Å². The third-order valence-electron chi connectivity index (χ3n) is 6.10. The number of fused-ring (bicyclic) bond motifs is 1. The van der Waals surface area contributed by atoms with Crippen molar-refractivity contribution in [2.75, 3.05) is 30.4 Å². The molecular weight excluding hydrogens is 470 g/mol. The van der Waals surface area contributed by atoms with Crippen molar-refractivity contribution in [1.82, 2.24) is 0 Å². The molecular formula is C27H26F2N2O5. The van der Waals surface area contributed by atoms with Crippen LogP contribution in [0.1, 0.15) is 29.8 Å². The van der Waals surface area contributed by atoms with Crippen LogP contribution in [-0.4, -0.2) is 43.3 Å². The quantitative estimate of drug-likeness (QED) is 0.486. The number of amides is 1. The van der Waals surface area contributed by atoms with Crippen LogP contribution in [-0.2, 0) is 10.2 Å². The van der Waals surface area contributed by atoms with E-state index >= 15 is 0 Å². The fraction of sp³-hybridized carbons (Fsp3) is 0.259. The second-order valence-electron chi connectivity index (χ2n) is 9.12. The van der Waals surface area contributed by atoms with Crippen LogP contribution in [0.3, 0.4) is 0 Å². The van der Waals surface area contributed by atoms with Gasteiger partial charge in [-0.3, -0.25) is 9.59 Å². The summed E-state index contributed by atoms with van der Waals surface area (Å²) in [6.07, 6.45) is -0.265. The normalized spacial score (nSPS) is 15.0. The standard InChI is InChI=1S/C27H26F2N2O5/c1-27(2,26(33)34)20-12-16(8-11-21(20)28)30-25(32)19-10-9-17(13-22(19)29)35-15-18-14-31(3)23-6-4-5-7-24(23)36-18/h4-13,18H,14-15H2,1-3H3,(H,30,32)(H,33,34)/t18-/m0/s1. The Balaban J connectivity index is 1.42. The Morgan fingerprint density at radius 3 is 2.58 bits per heavy atom. The molecule has 1 amide bonds. The summed E-state index contributed by atoms with van der Waals surface area (Å²) in [6.45, 7) is 3.49. The van der Waals surface area contributed by atoms with Crippen LogP contribution in [0, 0.1) is 11.6 Å². The number of carboxylic acids is 1. The lowest BCUT2D eigenvalue weighted by Crippen LogP contribution is -2.41. The molecule has 0 aromatic heterocycles. The highest BCUT2D eigenvalue weighted by atomic mass is 19.1. The molecule has 0 aliphatic carbocycles. The van der Waals surface area contributed by atoms with E-state index in [1.807, 2.05) is 31.3 Å². The van der Waals surface area contributed by atoms with Gasteiger partial charge in [-0.1, -0.05) is 12.1 Å². The van der Waals surface area contributed by atoms with E-state index in [1.54, 1.807) is 0 Å². The molecule has 0 fully saturated rings. The first-order valence-electron chi connectivity index (χ1n) is 11.3. The number of para-hydroxylation sites is 2.